The van der Waals surface area contributed by atoms with Crippen LogP contribution in [-0.4, -0.2) is 19.5 Å². The third-order valence-electron chi connectivity index (χ3n) is 7.02. The first-order valence-corrected chi connectivity index (χ1v) is 16.8. The molecule has 0 aliphatic heterocycles. The summed E-state index contributed by atoms with van der Waals surface area (Å²) in [5.41, 5.74) is 2.99. The van der Waals surface area contributed by atoms with Crippen LogP contribution in [-0.2, 0) is 12.8 Å². The maximum absolute atomic E-state index is 2.44. The maximum Gasteiger partial charge on any atom is 0.0566 e. The number of hydrogen-bond acceptors (Lipinski definition) is 0. The standard InChI is InChI=1S/C32H51P.HI/c1-33(2)27-21-13-11-9-7-5-3-4-6-8-10-12-16-26-32(28-30-22-17-14-18-23-30)29-31-24-19-15-20-25-31;/h14-15,17-20,22-25,32H,3-13,16,21,26-29H2,1-2H3;1H. The summed E-state index contributed by atoms with van der Waals surface area (Å²) in [5.74, 6) is 0.765. The fraction of sp³-hybridized carbons (Fsp3) is 0.625. The Labute approximate surface area is 230 Å². The van der Waals surface area contributed by atoms with E-state index in [0.717, 1.165) is 5.92 Å². The Morgan fingerprint density at radius 2 is 0.853 bits per heavy atom. The van der Waals surface area contributed by atoms with Gasteiger partial charge in [-0.1, -0.05) is 131 Å². The van der Waals surface area contributed by atoms with Crippen LogP contribution in [0, 0.1) is 5.92 Å². The summed E-state index contributed by atoms with van der Waals surface area (Å²) >= 11 is 0. The number of rotatable bonds is 20. The largest absolute Gasteiger partial charge is 1.00 e. The molecule has 192 valence electrons. The molecule has 2 rings (SSSR count). The molecule has 34 heavy (non-hydrogen) atoms. The summed E-state index contributed by atoms with van der Waals surface area (Å²) in [4.78, 5) is 0. The first-order valence-electron chi connectivity index (χ1n) is 14.1. The zero-order valence-electron chi connectivity index (χ0n) is 22.2. The normalized spacial score (nSPS) is 11.2. The lowest BCUT2D eigenvalue weighted by atomic mass is 9.88. The average molecular weight is 595 g/mol. The Hall–Kier alpha value is -0.400. The molecule has 0 aliphatic carbocycles. The predicted molar refractivity (Wildman–Crippen MR) is 153 cm³/mol. The molecule has 0 saturated carbocycles. The van der Waals surface area contributed by atoms with Crippen LogP contribution in [0.5, 0.6) is 0 Å². The monoisotopic (exact) mass is 594 g/mol. The van der Waals surface area contributed by atoms with E-state index < -0.39 is 0 Å². The molecule has 0 spiro atoms. The van der Waals surface area contributed by atoms with E-state index >= 15 is 0 Å². The molecule has 2 heteroatoms. The van der Waals surface area contributed by atoms with Gasteiger partial charge >= 0.3 is 0 Å². The van der Waals surface area contributed by atoms with Crippen molar-refractivity contribution in [1.29, 1.82) is 0 Å². The fourth-order valence-corrected chi connectivity index (χ4v) is 5.98. The average Bonchev–Trinajstić information content (AvgIpc) is 2.82. The van der Waals surface area contributed by atoms with E-state index in [0.29, 0.717) is 0 Å². The molecule has 0 aliphatic rings. The van der Waals surface area contributed by atoms with Gasteiger partial charge in [0, 0.05) is 13.3 Å². The molecule has 0 heterocycles. The molecule has 0 unspecified atom stereocenters. The van der Waals surface area contributed by atoms with E-state index in [-0.39, 0.29) is 31.9 Å². The lowest BCUT2D eigenvalue weighted by Crippen LogP contribution is -3.00. The van der Waals surface area contributed by atoms with E-state index in [4.69, 9.17) is 0 Å². The smallest absolute Gasteiger partial charge is 0.0566 e. The van der Waals surface area contributed by atoms with Crippen molar-refractivity contribution in [2.24, 2.45) is 5.92 Å². The first-order chi connectivity index (χ1) is 16.2. The Kier molecular flexibility index (Phi) is 20.3. The van der Waals surface area contributed by atoms with Gasteiger partial charge in [-0.25, -0.2) is 0 Å². The van der Waals surface area contributed by atoms with Gasteiger partial charge < -0.3 is 24.0 Å². The van der Waals surface area contributed by atoms with E-state index in [1.165, 1.54) is 120 Å². The van der Waals surface area contributed by atoms with Crippen molar-refractivity contribution in [3.05, 3.63) is 71.8 Å². The highest BCUT2D eigenvalue weighted by atomic mass is 127. The van der Waals surface area contributed by atoms with Gasteiger partial charge in [0.25, 0.3) is 0 Å². The molecule has 0 nitrogen and oxygen atoms in total. The molecule has 0 saturated heterocycles. The van der Waals surface area contributed by atoms with Crippen molar-refractivity contribution in [2.75, 3.05) is 19.5 Å². The Morgan fingerprint density at radius 1 is 0.500 bits per heavy atom. The second-order valence-electron chi connectivity index (χ2n) is 10.6. The quantitative estimate of drug-likeness (QED) is 0.0878. The van der Waals surface area contributed by atoms with Crippen LogP contribution in [0.3, 0.4) is 0 Å². The molecule has 0 atom stereocenters. The molecule has 2 aromatic rings. The SMILES string of the molecule is C[PH+](C)CCCCCCCCCCCCCCCC(Cc1ccccc1)Cc1ccccc1.[I-]. The summed E-state index contributed by atoms with van der Waals surface area (Å²) in [6.45, 7) is 4.89. The summed E-state index contributed by atoms with van der Waals surface area (Å²) in [7, 11) is 0.0195. The predicted octanol–water partition coefficient (Wildman–Crippen LogP) is 7.03. The van der Waals surface area contributed by atoms with Gasteiger partial charge in [0.15, 0.2) is 0 Å². The highest BCUT2D eigenvalue weighted by molar-refractivity contribution is 7.55. The van der Waals surface area contributed by atoms with Crippen LogP contribution in [0.2, 0.25) is 0 Å². The fourth-order valence-electron chi connectivity index (χ4n) is 5.03. The van der Waals surface area contributed by atoms with E-state index in [1.54, 1.807) is 0 Å². The Morgan fingerprint density at radius 3 is 1.24 bits per heavy atom. The van der Waals surface area contributed by atoms with Crippen molar-refractivity contribution < 1.29 is 24.0 Å². The van der Waals surface area contributed by atoms with Crippen LogP contribution >= 0.6 is 7.92 Å². The summed E-state index contributed by atoms with van der Waals surface area (Å²) in [5, 5.41) is 0. The van der Waals surface area contributed by atoms with Crippen molar-refractivity contribution in [1.82, 2.24) is 0 Å². The lowest BCUT2D eigenvalue weighted by Gasteiger charge is -2.17. The van der Waals surface area contributed by atoms with Gasteiger partial charge in [0.2, 0.25) is 0 Å². The molecule has 0 radical (unpaired) electrons. The number of hydrogen-bond donors (Lipinski definition) is 0. The third-order valence-corrected chi connectivity index (χ3v) is 8.38. The highest BCUT2D eigenvalue weighted by Gasteiger charge is 2.11. The third kappa shape index (κ3) is 17.1. The van der Waals surface area contributed by atoms with Crippen LogP contribution in [0.4, 0.5) is 0 Å². The molecule has 0 N–H and O–H groups in total. The zero-order chi connectivity index (χ0) is 23.4. The number of halogens is 1. The minimum absolute atomic E-state index is 0. The second-order valence-corrected chi connectivity index (χ2v) is 13.5. The van der Waals surface area contributed by atoms with E-state index in [9.17, 15) is 0 Å². The first kappa shape index (κ1) is 31.6. The summed E-state index contributed by atoms with van der Waals surface area (Å²) < 4.78 is 0. The second kappa shape index (κ2) is 21.8. The molecular weight excluding hydrogens is 542 g/mol. The zero-order valence-corrected chi connectivity index (χ0v) is 25.4. The Balaban J connectivity index is 0.00000578. The van der Waals surface area contributed by atoms with Crippen LogP contribution in [0.15, 0.2) is 60.7 Å². The topological polar surface area (TPSA) is 0 Å². The number of unbranched alkanes of at least 4 members (excludes halogenated alkanes) is 12. The Bertz CT molecular complexity index is 628. The molecule has 0 fully saturated rings. The molecule has 2 aromatic carbocycles. The van der Waals surface area contributed by atoms with Gasteiger partial charge in [-0.15, -0.1) is 0 Å². The minimum Gasteiger partial charge on any atom is -1.00 e. The van der Waals surface area contributed by atoms with Crippen LogP contribution in [0.25, 0.3) is 0 Å². The van der Waals surface area contributed by atoms with Crippen molar-refractivity contribution >= 4 is 7.92 Å². The van der Waals surface area contributed by atoms with Crippen molar-refractivity contribution in [3.63, 3.8) is 0 Å². The minimum atomic E-state index is 0. The molecule has 0 amide bonds. The molecular formula is C32H52IP. The van der Waals surface area contributed by atoms with Gasteiger partial charge in [-0.3, -0.25) is 0 Å². The van der Waals surface area contributed by atoms with Crippen molar-refractivity contribution in [2.45, 2.75) is 103 Å². The van der Waals surface area contributed by atoms with E-state index in [1.807, 2.05) is 0 Å². The van der Waals surface area contributed by atoms with Crippen LogP contribution in [0.1, 0.15) is 101 Å². The highest BCUT2D eigenvalue weighted by Crippen LogP contribution is 2.26. The van der Waals surface area contributed by atoms with Gasteiger partial charge in [-0.05, 0) is 57.1 Å². The number of benzene rings is 2. The van der Waals surface area contributed by atoms with E-state index in [2.05, 4.69) is 74.0 Å². The van der Waals surface area contributed by atoms with Gasteiger partial charge in [0.1, 0.15) is 0 Å². The summed E-state index contributed by atoms with van der Waals surface area (Å²) in [6, 6.07) is 22.2. The summed E-state index contributed by atoms with van der Waals surface area (Å²) in [6.07, 6.45) is 24.2. The lowest BCUT2D eigenvalue weighted by molar-refractivity contribution is -0.00000714. The van der Waals surface area contributed by atoms with Crippen molar-refractivity contribution in [3.8, 4) is 0 Å². The maximum atomic E-state index is 2.44. The van der Waals surface area contributed by atoms with Gasteiger partial charge in [0.05, 0.1) is 6.16 Å². The van der Waals surface area contributed by atoms with Crippen LogP contribution < -0.4 is 24.0 Å². The molecule has 0 aromatic heterocycles. The molecule has 0 bridgehead atoms. The van der Waals surface area contributed by atoms with Gasteiger partial charge in [-0.2, -0.15) is 0 Å².